The third-order valence-electron chi connectivity index (χ3n) is 2.85. The second-order valence-electron chi connectivity index (χ2n) is 4.48. The van der Waals surface area contributed by atoms with E-state index in [0.717, 1.165) is 11.3 Å². The van der Waals surface area contributed by atoms with Crippen molar-refractivity contribution in [3.63, 3.8) is 0 Å². The number of esters is 1. The monoisotopic (exact) mass is 355 g/mol. The van der Waals surface area contributed by atoms with Crippen LogP contribution >= 0.6 is 11.3 Å². The zero-order valence-electron chi connectivity index (χ0n) is 12.0. The molecular formula is C14H13NO6S2. The minimum Gasteiger partial charge on any atom is -0.481 e. The molecule has 2 N–H and O–H groups in total. The van der Waals surface area contributed by atoms with E-state index in [2.05, 4.69) is 9.46 Å². The Bertz CT molecular complexity index is 823. The van der Waals surface area contributed by atoms with Crippen molar-refractivity contribution in [1.82, 2.24) is 0 Å². The molecule has 0 atom stereocenters. The molecule has 0 bridgehead atoms. The quantitative estimate of drug-likeness (QED) is 0.767. The summed E-state index contributed by atoms with van der Waals surface area (Å²) in [4.78, 5) is 22.0. The van der Waals surface area contributed by atoms with Gasteiger partial charge in [0.15, 0.2) is 0 Å². The molecule has 0 aliphatic carbocycles. The van der Waals surface area contributed by atoms with Gasteiger partial charge >= 0.3 is 11.9 Å². The summed E-state index contributed by atoms with van der Waals surface area (Å²) in [6.07, 6.45) is -0.149. The fourth-order valence-corrected chi connectivity index (χ4v) is 4.22. The number of aliphatic carboxylic acids is 1. The predicted molar refractivity (Wildman–Crippen MR) is 84.2 cm³/mol. The summed E-state index contributed by atoms with van der Waals surface area (Å²) >= 11 is 0.970. The summed E-state index contributed by atoms with van der Waals surface area (Å²) in [6, 6.07) is 7.26. The van der Waals surface area contributed by atoms with Crippen LogP contribution in [0.15, 0.2) is 40.6 Å². The third-order valence-corrected chi connectivity index (χ3v) is 5.30. The number of hydrogen-bond acceptors (Lipinski definition) is 6. The van der Waals surface area contributed by atoms with Gasteiger partial charge in [-0.1, -0.05) is 12.1 Å². The second-order valence-corrected chi connectivity index (χ2v) is 7.05. The lowest BCUT2D eigenvalue weighted by atomic mass is 10.1. The van der Waals surface area contributed by atoms with E-state index in [0.29, 0.717) is 5.56 Å². The van der Waals surface area contributed by atoms with Crippen molar-refractivity contribution in [2.75, 3.05) is 11.8 Å². The molecule has 1 aromatic heterocycles. The maximum atomic E-state index is 12.4. The fraction of sp³-hybridized carbons (Fsp3) is 0.143. The molecule has 2 rings (SSSR count). The number of rotatable bonds is 6. The van der Waals surface area contributed by atoms with Crippen LogP contribution in [0.1, 0.15) is 15.2 Å². The van der Waals surface area contributed by atoms with E-state index in [-0.39, 0.29) is 21.9 Å². The van der Waals surface area contributed by atoms with Gasteiger partial charge in [-0.15, -0.1) is 11.3 Å². The standard InChI is InChI=1S/C14H13NO6S2/c1-21-14(18)13-11(6-7-22-13)23(19,20)15-10-4-2-9(3-5-10)8-12(16)17/h2-7,15H,8H2,1H3,(H,16,17). The van der Waals surface area contributed by atoms with Crippen molar-refractivity contribution >= 4 is 39.0 Å². The van der Waals surface area contributed by atoms with Crippen LogP contribution in [0.2, 0.25) is 0 Å². The van der Waals surface area contributed by atoms with Crippen molar-refractivity contribution in [1.29, 1.82) is 0 Å². The zero-order valence-corrected chi connectivity index (χ0v) is 13.6. The molecule has 9 heteroatoms. The number of anilines is 1. The van der Waals surface area contributed by atoms with E-state index in [1.165, 1.54) is 42.8 Å². The second kappa shape index (κ2) is 6.80. The molecule has 2 aromatic rings. The first-order valence-corrected chi connectivity index (χ1v) is 8.69. The number of ether oxygens (including phenoxy) is 1. The molecule has 1 aromatic carbocycles. The van der Waals surface area contributed by atoms with Crippen molar-refractivity contribution in [2.45, 2.75) is 11.3 Å². The lowest BCUT2D eigenvalue weighted by Gasteiger charge is -2.08. The van der Waals surface area contributed by atoms with Gasteiger partial charge in [0, 0.05) is 5.69 Å². The number of carbonyl (C=O) groups is 2. The minimum atomic E-state index is -3.95. The van der Waals surface area contributed by atoms with Gasteiger partial charge < -0.3 is 9.84 Å². The molecule has 122 valence electrons. The van der Waals surface area contributed by atoms with Gasteiger partial charge in [-0.25, -0.2) is 13.2 Å². The van der Waals surface area contributed by atoms with Crippen LogP contribution in [0.25, 0.3) is 0 Å². The van der Waals surface area contributed by atoms with Gasteiger partial charge in [-0.05, 0) is 29.1 Å². The summed E-state index contributed by atoms with van der Waals surface area (Å²) in [5.41, 5.74) is 0.812. The number of thiophene rings is 1. The highest BCUT2D eigenvalue weighted by molar-refractivity contribution is 7.93. The molecule has 7 nitrogen and oxygen atoms in total. The topological polar surface area (TPSA) is 110 Å². The number of hydrogen-bond donors (Lipinski definition) is 2. The molecule has 0 unspecified atom stereocenters. The molecule has 1 heterocycles. The summed E-state index contributed by atoms with van der Waals surface area (Å²) < 4.78 is 31.6. The first kappa shape index (κ1) is 17.0. The number of methoxy groups -OCH3 is 1. The van der Waals surface area contributed by atoms with Gasteiger partial charge in [0.2, 0.25) is 0 Å². The maximum Gasteiger partial charge on any atom is 0.349 e. The smallest absolute Gasteiger partial charge is 0.349 e. The molecule has 0 aliphatic heterocycles. The Morgan fingerprint density at radius 3 is 2.43 bits per heavy atom. The normalized spacial score (nSPS) is 11.0. The molecule has 23 heavy (non-hydrogen) atoms. The summed E-state index contributed by atoms with van der Waals surface area (Å²) in [7, 11) is -2.77. The first-order valence-electron chi connectivity index (χ1n) is 6.33. The van der Waals surface area contributed by atoms with Crippen LogP contribution in [-0.4, -0.2) is 32.6 Å². The Labute approximate surface area is 136 Å². The molecule has 0 saturated heterocycles. The van der Waals surface area contributed by atoms with Gasteiger partial charge in [-0.2, -0.15) is 0 Å². The molecule has 0 saturated carbocycles. The van der Waals surface area contributed by atoms with E-state index in [4.69, 9.17) is 5.11 Å². The molecule has 0 aliphatic rings. The SMILES string of the molecule is COC(=O)c1sccc1S(=O)(=O)Nc1ccc(CC(=O)O)cc1. The van der Waals surface area contributed by atoms with Crippen LogP contribution in [-0.2, 0) is 26.0 Å². The van der Waals surface area contributed by atoms with Gasteiger partial charge in [0.05, 0.1) is 13.5 Å². The Hall–Kier alpha value is -2.39. The lowest BCUT2D eigenvalue weighted by Crippen LogP contribution is -2.15. The zero-order chi connectivity index (χ0) is 17.0. The Kier molecular flexibility index (Phi) is 5.02. The van der Waals surface area contributed by atoms with Crippen LogP contribution in [0.4, 0.5) is 5.69 Å². The Morgan fingerprint density at radius 2 is 1.87 bits per heavy atom. The molecular weight excluding hydrogens is 342 g/mol. The average molecular weight is 355 g/mol. The van der Waals surface area contributed by atoms with E-state index in [9.17, 15) is 18.0 Å². The number of sulfonamides is 1. The third kappa shape index (κ3) is 4.08. The highest BCUT2D eigenvalue weighted by Crippen LogP contribution is 2.25. The number of carboxylic acids is 1. The van der Waals surface area contributed by atoms with Crippen LogP contribution in [0.5, 0.6) is 0 Å². The van der Waals surface area contributed by atoms with E-state index in [1.807, 2.05) is 0 Å². The number of carbonyl (C=O) groups excluding carboxylic acids is 1. The van der Waals surface area contributed by atoms with Crippen LogP contribution in [0.3, 0.4) is 0 Å². The number of benzene rings is 1. The molecule has 0 spiro atoms. The molecule has 0 amide bonds. The average Bonchev–Trinajstić information content (AvgIpc) is 2.98. The number of nitrogens with one attached hydrogen (secondary N) is 1. The molecule has 0 fully saturated rings. The Balaban J connectivity index is 2.23. The predicted octanol–water partition coefficient (Wildman–Crippen LogP) is 1.96. The van der Waals surface area contributed by atoms with Crippen molar-refractivity contribution in [3.05, 3.63) is 46.2 Å². The number of carboxylic acid groups (broad SMARTS) is 1. The van der Waals surface area contributed by atoms with Gasteiger partial charge in [0.1, 0.15) is 9.77 Å². The van der Waals surface area contributed by atoms with E-state index < -0.39 is 22.0 Å². The van der Waals surface area contributed by atoms with E-state index in [1.54, 1.807) is 0 Å². The largest absolute Gasteiger partial charge is 0.481 e. The maximum absolute atomic E-state index is 12.4. The highest BCUT2D eigenvalue weighted by atomic mass is 32.2. The van der Waals surface area contributed by atoms with E-state index >= 15 is 0 Å². The van der Waals surface area contributed by atoms with Crippen LogP contribution < -0.4 is 4.72 Å². The lowest BCUT2D eigenvalue weighted by molar-refractivity contribution is -0.136. The first-order chi connectivity index (χ1) is 10.8. The summed E-state index contributed by atoms with van der Waals surface area (Å²) in [5.74, 6) is -1.70. The summed E-state index contributed by atoms with van der Waals surface area (Å²) in [6.45, 7) is 0. The van der Waals surface area contributed by atoms with Gasteiger partial charge in [0.25, 0.3) is 10.0 Å². The van der Waals surface area contributed by atoms with Crippen molar-refractivity contribution < 1.29 is 27.9 Å². The van der Waals surface area contributed by atoms with Crippen molar-refractivity contribution in [3.8, 4) is 0 Å². The summed E-state index contributed by atoms with van der Waals surface area (Å²) in [5, 5.41) is 10.2. The minimum absolute atomic E-state index is 0.0116. The Morgan fingerprint density at radius 1 is 1.22 bits per heavy atom. The van der Waals surface area contributed by atoms with Gasteiger partial charge in [-0.3, -0.25) is 9.52 Å². The van der Waals surface area contributed by atoms with Crippen LogP contribution in [0, 0.1) is 0 Å². The fourth-order valence-electron chi connectivity index (χ4n) is 1.83. The highest BCUT2D eigenvalue weighted by Gasteiger charge is 2.24. The molecule has 0 radical (unpaired) electrons. The van der Waals surface area contributed by atoms with Crippen molar-refractivity contribution in [2.24, 2.45) is 0 Å².